The molecule has 1 aromatic rings. The van der Waals surface area contributed by atoms with Gasteiger partial charge in [0, 0.05) is 25.9 Å². The van der Waals surface area contributed by atoms with Crippen LogP contribution in [0.2, 0.25) is 0 Å². The molecule has 2 aliphatic rings. The van der Waals surface area contributed by atoms with Gasteiger partial charge in [0.1, 0.15) is 11.5 Å². The molecule has 164 valence electrons. The maximum Gasteiger partial charge on any atom is 0.345 e. The van der Waals surface area contributed by atoms with E-state index < -0.39 is 33.9 Å². The minimum atomic E-state index is -4.29. The minimum Gasteiger partial charge on any atom is -0.383 e. The number of rotatable bonds is 6. The number of nitrogens with zero attached hydrogens (tertiary/aromatic N) is 3. The molecule has 12 heteroatoms. The normalized spacial score (nSPS) is 21.0. The van der Waals surface area contributed by atoms with Crippen molar-refractivity contribution in [1.29, 1.82) is 0 Å². The second-order valence-electron chi connectivity index (χ2n) is 7.02. The van der Waals surface area contributed by atoms with Crippen molar-refractivity contribution in [3.05, 3.63) is 35.9 Å². The quantitative estimate of drug-likeness (QED) is 0.677. The van der Waals surface area contributed by atoms with Crippen LogP contribution in [0.15, 0.2) is 34.4 Å². The molecule has 1 aromatic heterocycles. The van der Waals surface area contributed by atoms with Crippen LogP contribution in [0.4, 0.5) is 19.0 Å². The Labute approximate surface area is 172 Å². The topological polar surface area (TPSA) is 101 Å². The number of hydrogen-bond acceptors (Lipinski definition) is 5. The van der Waals surface area contributed by atoms with Crippen LogP contribution in [0, 0.1) is 11.9 Å². The summed E-state index contributed by atoms with van der Waals surface area (Å²) in [6, 6.07) is 3.77. The van der Waals surface area contributed by atoms with Crippen LogP contribution >= 0.6 is 0 Å². The molecule has 1 saturated carbocycles. The number of allylic oxidation sites excluding steroid dienone is 1. The van der Waals surface area contributed by atoms with Gasteiger partial charge in [-0.15, -0.1) is 4.40 Å². The number of alkyl halides is 2. The molecule has 1 amide bonds. The van der Waals surface area contributed by atoms with Gasteiger partial charge in [-0.1, -0.05) is 6.07 Å². The number of anilines is 1. The lowest BCUT2D eigenvalue weighted by molar-refractivity contribution is -0.113. The second-order valence-corrected chi connectivity index (χ2v) is 8.54. The van der Waals surface area contributed by atoms with Crippen molar-refractivity contribution in [2.45, 2.75) is 31.6 Å². The molecular weight excluding hydrogens is 425 g/mol. The third-order valence-corrected chi connectivity index (χ3v) is 6.25. The Kier molecular flexibility index (Phi) is 6.46. The number of ether oxygens (including phenoxy) is 1. The van der Waals surface area contributed by atoms with Crippen LogP contribution in [-0.4, -0.2) is 55.5 Å². The Hall–Kier alpha value is -2.47. The number of hydrogen-bond donors (Lipinski definition) is 1. The van der Waals surface area contributed by atoms with E-state index in [0.717, 1.165) is 10.4 Å². The molecule has 2 heterocycles. The van der Waals surface area contributed by atoms with Gasteiger partial charge in [-0.2, -0.15) is 12.8 Å². The highest BCUT2D eigenvalue weighted by atomic mass is 32.2. The highest BCUT2D eigenvalue weighted by Crippen LogP contribution is 2.38. The average molecular weight is 446 g/mol. The summed E-state index contributed by atoms with van der Waals surface area (Å²) in [5.74, 6) is -5.08. The number of nitrogens with one attached hydrogen (secondary N) is 1. The summed E-state index contributed by atoms with van der Waals surface area (Å²) in [5.41, 5.74) is -0.211. The summed E-state index contributed by atoms with van der Waals surface area (Å²) in [7, 11) is -2.92. The monoisotopic (exact) mass is 446 g/mol. The third kappa shape index (κ3) is 5.17. The molecule has 0 bridgehead atoms. The van der Waals surface area contributed by atoms with E-state index in [1.54, 1.807) is 0 Å². The standard InChI is InChI=1S/C18H21F3N4O4S/c1-29-10-9-25-14(17(26)23-16-4-2-3-15(19)22-16)11-13(24-30(25,27)28)12-5-7-18(20,21)8-6-12/h2-4,11-12H,5-10H2,1H3,(H,22,23,26). The van der Waals surface area contributed by atoms with Crippen LogP contribution in [0.25, 0.3) is 0 Å². The summed E-state index contributed by atoms with van der Waals surface area (Å²) in [6.07, 6.45) is 0.616. The van der Waals surface area contributed by atoms with Crippen LogP contribution in [-0.2, 0) is 19.7 Å². The van der Waals surface area contributed by atoms with Gasteiger partial charge < -0.3 is 10.1 Å². The predicted octanol–water partition coefficient (Wildman–Crippen LogP) is 2.52. The molecule has 8 nitrogen and oxygen atoms in total. The third-order valence-electron chi connectivity index (χ3n) is 4.88. The average Bonchev–Trinajstić information content (AvgIpc) is 2.66. The van der Waals surface area contributed by atoms with Crippen molar-refractivity contribution in [2.24, 2.45) is 10.3 Å². The van der Waals surface area contributed by atoms with Crippen LogP contribution in [0.3, 0.4) is 0 Å². The molecule has 0 unspecified atom stereocenters. The Morgan fingerprint density at radius 3 is 2.67 bits per heavy atom. The maximum absolute atomic E-state index is 13.5. The summed E-state index contributed by atoms with van der Waals surface area (Å²) in [5, 5.41) is 2.35. The van der Waals surface area contributed by atoms with Crippen molar-refractivity contribution in [1.82, 2.24) is 9.29 Å². The molecule has 0 spiro atoms. The Balaban J connectivity index is 1.91. The van der Waals surface area contributed by atoms with Gasteiger partial charge in [-0.25, -0.2) is 18.1 Å². The largest absolute Gasteiger partial charge is 0.383 e. The zero-order valence-corrected chi connectivity index (χ0v) is 17.0. The molecular formula is C18H21F3N4O4S. The molecule has 0 radical (unpaired) electrons. The number of aromatic nitrogens is 1. The second kappa shape index (κ2) is 8.72. The van der Waals surface area contributed by atoms with E-state index in [4.69, 9.17) is 4.74 Å². The highest BCUT2D eigenvalue weighted by Gasteiger charge is 2.39. The van der Waals surface area contributed by atoms with Crippen molar-refractivity contribution in [3.63, 3.8) is 0 Å². The lowest BCUT2D eigenvalue weighted by Gasteiger charge is -2.32. The Morgan fingerprint density at radius 2 is 2.03 bits per heavy atom. The van der Waals surface area contributed by atoms with E-state index in [-0.39, 0.29) is 56.1 Å². The van der Waals surface area contributed by atoms with Crippen LogP contribution in [0.1, 0.15) is 25.7 Å². The smallest absolute Gasteiger partial charge is 0.345 e. The van der Waals surface area contributed by atoms with Gasteiger partial charge in [0.15, 0.2) is 0 Å². The van der Waals surface area contributed by atoms with Gasteiger partial charge >= 0.3 is 10.2 Å². The minimum absolute atomic E-state index is 0.0113. The fourth-order valence-electron chi connectivity index (χ4n) is 3.32. The van der Waals surface area contributed by atoms with Crippen molar-refractivity contribution in [3.8, 4) is 0 Å². The number of halogens is 3. The molecule has 0 aromatic carbocycles. The Morgan fingerprint density at radius 1 is 1.33 bits per heavy atom. The first-order valence-corrected chi connectivity index (χ1v) is 10.7. The molecule has 1 N–H and O–H groups in total. The van der Waals surface area contributed by atoms with E-state index >= 15 is 0 Å². The molecule has 0 saturated heterocycles. The summed E-state index contributed by atoms with van der Waals surface area (Å²) in [6.45, 7) is -0.198. The SMILES string of the molecule is COCCN1C(C(=O)Nc2cccc(F)n2)=CC(C2CCC(F)(F)CC2)=NS1(=O)=O. The first-order valence-electron chi connectivity index (χ1n) is 9.26. The fourth-order valence-corrected chi connectivity index (χ4v) is 4.58. The predicted molar refractivity (Wildman–Crippen MR) is 103 cm³/mol. The number of amides is 1. The number of methoxy groups -OCH3 is 1. The van der Waals surface area contributed by atoms with Crippen molar-refractivity contribution < 1.29 is 31.1 Å². The van der Waals surface area contributed by atoms with Gasteiger partial charge in [0.05, 0.1) is 18.9 Å². The molecule has 3 rings (SSSR count). The van der Waals surface area contributed by atoms with Gasteiger partial charge in [-0.3, -0.25) is 4.79 Å². The summed E-state index contributed by atoms with van der Waals surface area (Å²) in [4.78, 5) is 16.3. The highest BCUT2D eigenvalue weighted by molar-refractivity contribution is 7.88. The Bertz CT molecular complexity index is 971. The first-order chi connectivity index (χ1) is 14.1. The fraction of sp³-hybridized carbons (Fsp3) is 0.500. The van der Waals surface area contributed by atoms with Gasteiger partial charge in [0.25, 0.3) is 5.91 Å². The van der Waals surface area contributed by atoms with Crippen LogP contribution < -0.4 is 5.32 Å². The van der Waals surface area contributed by atoms with Gasteiger partial charge in [-0.05, 0) is 31.1 Å². The molecule has 30 heavy (non-hydrogen) atoms. The molecule has 1 aliphatic carbocycles. The zero-order chi connectivity index (χ0) is 21.9. The summed E-state index contributed by atoms with van der Waals surface area (Å²) < 4.78 is 75.2. The zero-order valence-electron chi connectivity index (χ0n) is 16.1. The summed E-state index contributed by atoms with van der Waals surface area (Å²) >= 11 is 0. The van der Waals surface area contributed by atoms with E-state index in [2.05, 4.69) is 14.7 Å². The van der Waals surface area contributed by atoms with Crippen molar-refractivity contribution >= 4 is 27.6 Å². The number of carbonyl (C=O) groups is 1. The number of pyridine rings is 1. The lowest BCUT2D eigenvalue weighted by Crippen LogP contribution is -2.41. The van der Waals surface area contributed by atoms with E-state index in [1.807, 2.05) is 0 Å². The molecule has 0 atom stereocenters. The first kappa shape index (κ1) is 22.2. The molecule has 1 aliphatic heterocycles. The molecule has 1 fully saturated rings. The van der Waals surface area contributed by atoms with Gasteiger partial charge in [0.2, 0.25) is 11.9 Å². The lowest BCUT2D eigenvalue weighted by atomic mass is 9.83. The maximum atomic E-state index is 13.5. The number of carbonyl (C=O) groups excluding carboxylic acids is 1. The van der Waals surface area contributed by atoms with Crippen LogP contribution in [0.5, 0.6) is 0 Å². The van der Waals surface area contributed by atoms with E-state index in [1.165, 1.54) is 25.3 Å². The van der Waals surface area contributed by atoms with E-state index in [9.17, 15) is 26.4 Å². The van der Waals surface area contributed by atoms with Crippen molar-refractivity contribution in [2.75, 3.05) is 25.6 Å². The van der Waals surface area contributed by atoms with E-state index in [0.29, 0.717) is 0 Å².